The third-order valence-electron chi connectivity index (χ3n) is 15.3. The Kier molecular flexibility index (Phi) is 10.2. The van der Waals surface area contributed by atoms with Gasteiger partial charge in [-0.2, -0.15) is 0 Å². The van der Waals surface area contributed by atoms with Crippen molar-refractivity contribution in [3.05, 3.63) is 35.5 Å². The van der Waals surface area contributed by atoms with E-state index in [9.17, 15) is 15.0 Å². The van der Waals surface area contributed by atoms with Crippen LogP contribution < -0.4 is 5.32 Å². The Balaban J connectivity index is 1.47. The van der Waals surface area contributed by atoms with Gasteiger partial charge in [-0.1, -0.05) is 72.3 Å². The molecule has 0 unspecified atom stereocenters. The largest absolute Gasteiger partial charge is 0.481 e. The van der Waals surface area contributed by atoms with Gasteiger partial charge in [-0.15, -0.1) is 0 Å². The second kappa shape index (κ2) is 13.1. The number of hydrogen-bond donors (Lipinski definition) is 3. The van der Waals surface area contributed by atoms with Gasteiger partial charge in [0.05, 0.1) is 12.7 Å². The highest BCUT2D eigenvalue weighted by atomic mass is 16.5. The van der Waals surface area contributed by atoms with Crippen LogP contribution in [0.3, 0.4) is 0 Å². The molecule has 0 saturated heterocycles. The Bertz CT molecular complexity index is 1220. The van der Waals surface area contributed by atoms with Crippen LogP contribution in [0, 0.1) is 51.2 Å². The molecular formula is C41H67NO4. The van der Waals surface area contributed by atoms with E-state index in [2.05, 4.69) is 72.5 Å². The molecule has 0 radical (unpaired) electrons. The predicted molar refractivity (Wildman–Crippen MR) is 188 cm³/mol. The highest BCUT2D eigenvalue weighted by molar-refractivity contribution is 5.67. The summed E-state index contributed by atoms with van der Waals surface area (Å²) in [5.74, 6) is 2.33. The lowest BCUT2D eigenvalue weighted by molar-refractivity contribution is -0.221. The fourth-order valence-electron chi connectivity index (χ4n) is 13.1. The number of β-amino-alcohol motifs (C(OH)–C–C–N with tert-alkyl or cyclic N) is 1. The summed E-state index contributed by atoms with van der Waals surface area (Å²) in [7, 11) is 1.67. The first-order chi connectivity index (χ1) is 21.6. The van der Waals surface area contributed by atoms with Crippen LogP contribution >= 0.6 is 0 Å². The van der Waals surface area contributed by atoms with Crippen molar-refractivity contribution in [1.29, 1.82) is 0 Å². The van der Waals surface area contributed by atoms with Crippen LogP contribution in [-0.2, 0) is 9.53 Å². The molecule has 5 heteroatoms. The van der Waals surface area contributed by atoms with Gasteiger partial charge in [0.15, 0.2) is 0 Å². The predicted octanol–water partition coefficient (Wildman–Crippen LogP) is 9.12. The number of carboxylic acid groups (broad SMARTS) is 1. The number of unbranched alkanes of at least 4 members (excludes halogenated alkanes) is 1. The third-order valence-corrected chi connectivity index (χ3v) is 15.3. The van der Waals surface area contributed by atoms with Gasteiger partial charge in [0.1, 0.15) is 0 Å². The number of aliphatic hydroxyl groups excluding tert-OH is 1. The molecule has 0 bridgehead atoms. The van der Waals surface area contributed by atoms with Crippen molar-refractivity contribution in [2.75, 3.05) is 20.3 Å². The summed E-state index contributed by atoms with van der Waals surface area (Å²) in [4.78, 5) is 11.6. The Labute approximate surface area is 281 Å². The molecule has 0 heterocycles. The highest BCUT2D eigenvalue weighted by Crippen LogP contribution is 2.76. The Morgan fingerprint density at radius 3 is 2.43 bits per heavy atom. The van der Waals surface area contributed by atoms with E-state index in [-0.39, 0.29) is 33.6 Å². The summed E-state index contributed by atoms with van der Waals surface area (Å²) in [6.07, 6.45) is 18.4. The van der Waals surface area contributed by atoms with E-state index in [1.807, 2.05) is 0 Å². The molecule has 0 aromatic carbocycles. The maximum Gasteiger partial charge on any atom is 0.303 e. The first kappa shape index (κ1) is 35.9. The second-order valence-electron chi connectivity index (χ2n) is 17.8. The quantitative estimate of drug-likeness (QED) is 0.186. The molecule has 5 rings (SSSR count). The molecule has 5 nitrogen and oxygen atoms in total. The van der Waals surface area contributed by atoms with E-state index in [1.54, 1.807) is 7.11 Å². The molecule has 0 aromatic heterocycles. The first-order valence-corrected chi connectivity index (χ1v) is 18.8. The molecule has 0 amide bonds. The highest BCUT2D eigenvalue weighted by Gasteiger charge is 2.70. The Morgan fingerprint density at radius 2 is 1.78 bits per heavy atom. The zero-order valence-electron chi connectivity index (χ0n) is 30.6. The van der Waals surface area contributed by atoms with Gasteiger partial charge >= 0.3 is 5.97 Å². The number of aliphatic carboxylic acids is 1. The Morgan fingerprint density at radius 1 is 1.04 bits per heavy atom. The molecule has 260 valence electrons. The maximum absolute atomic E-state index is 11.6. The van der Waals surface area contributed by atoms with Crippen LogP contribution in [0.2, 0.25) is 0 Å². The molecule has 4 fully saturated rings. The lowest BCUT2D eigenvalue weighted by atomic mass is 9.33. The molecule has 46 heavy (non-hydrogen) atoms. The van der Waals surface area contributed by atoms with Crippen molar-refractivity contribution >= 4 is 5.97 Å². The van der Waals surface area contributed by atoms with Gasteiger partial charge < -0.3 is 20.3 Å². The van der Waals surface area contributed by atoms with Crippen LogP contribution in [0.4, 0.5) is 0 Å². The van der Waals surface area contributed by atoms with Crippen LogP contribution in [0.1, 0.15) is 132 Å². The summed E-state index contributed by atoms with van der Waals surface area (Å²) in [5, 5.41) is 24.2. The van der Waals surface area contributed by atoms with Gasteiger partial charge in [0.2, 0.25) is 0 Å². The van der Waals surface area contributed by atoms with Gasteiger partial charge in [-0.25, -0.2) is 0 Å². The molecule has 3 N–H and O–H groups in total. The monoisotopic (exact) mass is 638 g/mol. The fraction of sp³-hybridized carbons (Fsp3) is 0.829. The third kappa shape index (κ3) is 5.70. The van der Waals surface area contributed by atoms with Gasteiger partial charge in [0.25, 0.3) is 0 Å². The molecule has 0 aliphatic heterocycles. The van der Waals surface area contributed by atoms with E-state index < -0.39 is 12.1 Å². The van der Waals surface area contributed by atoms with Crippen molar-refractivity contribution in [3.63, 3.8) is 0 Å². The molecule has 5 aliphatic rings. The van der Waals surface area contributed by atoms with E-state index >= 15 is 0 Å². The summed E-state index contributed by atoms with van der Waals surface area (Å²) in [6.45, 7) is 23.0. The summed E-state index contributed by atoms with van der Waals surface area (Å²) in [5.41, 5.74) is 4.95. The average molecular weight is 638 g/mol. The van der Waals surface area contributed by atoms with Gasteiger partial charge in [-0.3, -0.25) is 4.79 Å². The molecule has 0 spiro atoms. The van der Waals surface area contributed by atoms with E-state index in [0.717, 1.165) is 19.3 Å². The summed E-state index contributed by atoms with van der Waals surface area (Å²) in [6, 6.07) is 0. The molecule has 0 aromatic rings. The number of rotatable bonds is 12. The Hall–Kier alpha value is -1.43. The number of methoxy groups -OCH3 is 1. The minimum Gasteiger partial charge on any atom is -0.481 e. The number of carboxylic acids is 1. The van der Waals surface area contributed by atoms with Crippen LogP contribution in [0.15, 0.2) is 35.5 Å². The lowest BCUT2D eigenvalue weighted by Crippen LogP contribution is -2.68. The summed E-state index contributed by atoms with van der Waals surface area (Å²) >= 11 is 0. The zero-order valence-corrected chi connectivity index (χ0v) is 30.6. The van der Waals surface area contributed by atoms with Crippen molar-refractivity contribution in [2.24, 2.45) is 51.2 Å². The number of fused-ring (bicyclic) bond motifs is 7. The van der Waals surface area contributed by atoms with Crippen molar-refractivity contribution < 1.29 is 19.7 Å². The summed E-state index contributed by atoms with van der Waals surface area (Å²) < 4.78 is 5.28. The molecule has 10 atom stereocenters. The number of hydrogen-bond acceptors (Lipinski definition) is 4. The van der Waals surface area contributed by atoms with Crippen molar-refractivity contribution in [1.82, 2.24) is 5.32 Å². The van der Waals surface area contributed by atoms with Crippen LogP contribution in [-0.4, -0.2) is 48.1 Å². The topological polar surface area (TPSA) is 78.8 Å². The minimum atomic E-state index is -0.700. The first-order valence-electron chi connectivity index (χ1n) is 18.8. The smallest absolute Gasteiger partial charge is 0.303 e. The molecular weight excluding hydrogens is 570 g/mol. The van der Waals surface area contributed by atoms with E-state index in [1.165, 1.54) is 68.1 Å². The van der Waals surface area contributed by atoms with Crippen molar-refractivity contribution in [2.45, 2.75) is 144 Å². The standard InChI is InChI=1S/C41H67NO4/c1-10-11-12-28(13-16-35(44)45)31-18-20-38(6)33(37(31,4)5)19-21-40(8)34(38)15-14-32-36-30(27(2)3)17-22-41(36,24-23-39(32,40)7)42-25-29(43)26-46-9/h12,18,29-30,32-34,36,42-43H,2,10-11,13-17,19-26H2,1,3-9H3,(H,44,45)/b28-12+/t29-,30-,32+,33-,34+,36+,38-,39+,40+,41-/m0/s1. The fourth-order valence-corrected chi connectivity index (χ4v) is 13.1. The normalized spacial score (nSPS) is 42.2. The van der Waals surface area contributed by atoms with E-state index in [0.29, 0.717) is 49.2 Å². The van der Waals surface area contributed by atoms with Gasteiger partial charge in [0, 0.05) is 25.6 Å². The van der Waals surface area contributed by atoms with Crippen LogP contribution in [0.5, 0.6) is 0 Å². The molecule has 4 saturated carbocycles. The average Bonchev–Trinajstić information content (AvgIpc) is 3.37. The molecule has 5 aliphatic carbocycles. The van der Waals surface area contributed by atoms with E-state index in [4.69, 9.17) is 4.74 Å². The lowest BCUT2D eigenvalue weighted by Gasteiger charge is -2.72. The number of ether oxygens (including phenoxy) is 1. The van der Waals surface area contributed by atoms with Crippen molar-refractivity contribution in [3.8, 4) is 0 Å². The number of allylic oxidation sites excluding steroid dienone is 5. The number of carbonyl (C=O) groups is 1. The zero-order chi connectivity index (χ0) is 33.7. The minimum absolute atomic E-state index is 0.0232. The second-order valence-corrected chi connectivity index (χ2v) is 17.8. The number of aliphatic hydroxyl groups is 1. The SMILES string of the molecule is C=C(C)[C@@H]1CC[C@]2(NC[C@H](O)COC)CC[C@]3(C)[C@H](CC[C@@H]4[C@@]5(C)CC=C(/C(=C/CCC)CCC(=O)O)C(C)(C)[C@@H]5CC[C@]43C)[C@@H]12. The maximum atomic E-state index is 11.6. The van der Waals surface area contributed by atoms with Crippen LogP contribution in [0.25, 0.3) is 0 Å². The van der Waals surface area contributed by atoms with Gasteiger partial charge in [-0.05, 0) is 140 Å². The number of nitrogens with one attached hydrogen (secondary N) is 1.